The lowest BCUT2D eigenvalue weighted by molar-refractivity contribution is -0.117. The molecular formula is C11H14ClN3O. The molecule has 0 saturated heterocycles. The number of anilines is 1. The number of carbonyl (C=O) groups excluding carboxylic acids is 1. The van der Waals surface area contributed by atoms with Crippen molar-refractivity contribution in [2.24, 2.45) is 5.92 Å². The van der Waals surface area contributed by atoms with Crippen LogP contribution in [0, 0.1) is 5.92 Å². The number of aromatic nitrogens is 2. The molecule has 1 fully saturated rings. The van der Waals surface area contributed by atoms with Crippen molar-refractivity contribution in [3.8, 4) is 0 Å². The van der Waals surface area contributed by atoms with E-state index in [0.29, 0.717) is 18.2 Å². The summed E-state index contributed by atoms with van der Waals surface area (Å²) in [6.07, 6.45) is 6.94. The molecule has 86 valence electrons. The molecule has 0 aromatic carbocycles. The molecular weight excluding hydrogens is 226 g/mol. The minimum absolute atomic E-state index is 0.0154. The molecule has 1 aliphatic rings. The van der Waals surface area contributed by atoms with E-state index in [0.717, 1.165) is 12.8 Å². The first-order chi connectivity index (χ1) is 7.74. The van der Waals surface area contributed by atoms with Crippen molar-refractivity contribution in [1.82, 2.24) is 9.97 Å². The van der Waals surface area contributed by atoms with Crippen molar-refractivity contribution in [1.29, 1.82) is 0 Å². The Kier molecular flexibility index (Phi) is 3.72. The summed E-state index contributed by atoms with van der Waals surface area (Å²) in [6.45, 7) is 0. The number of nitrogens with zero attached hydrogens (tertiary/aromatic N) is 2. The minimum Gasteiger partial charge on any atom is -0.311 e. The highest BCUT2D eigenvalue weighted by Crippen LogP contribution is 2.27. The zero-order valence-electron chi connectivity index (χ0n) is 8.95. The fourth-order valence-corrected chi connectivity index (χ4v) is 2.22. The minimum atomic E-state index is 0.0154. The summed E-state index contributed by atoms with van der Waals surface area (Å²) in [7, 11) is 0. The molecule has 4 nitrogen and oxygen atoms in total. The van der Waals surface area contributed by atoms with Crippen LogP contribution >= 0.6 is 11.6 Å². The molecule has 1 aromatic heterocycles. The molecule has 1 amide bonds. The molecule has 0 radical (unpaired) electrons. The molecule has 0 aliphatic heterocycles. The molecule has 1 aliphatic carbocycles. The van der Waals surface area contributed by atoms with Crippen LogP contribution in [0.2, 0.25) is 5.28 Å². The predicted octanol–water partition coefficient (Wildman–Crippen LogP) is 2.65. The van der Waals surface area contributed by atoms with Gasteiger partial charge in [-0.25, -0.2) is 9.97 Å². The number of hydrogen-bond acceptors (Lipinski definition) is 3. The van der Waals surface area contributed by atoms with Gasteiger partial charge in [0.2, 0.25) is 11.2 Å². The molecule has 2 rings (SSSR count). The fourth-order valence-electron chi connectivity index (χ4n) is 2.08. The van der Waals surface area contributed by atoms with Gasteiger partial charge in [-0.3, -0.25) is 4.79 Å². The van der Waals surface area contributed by atoms with E-state index in [1.807, 2.05) is 0 Å². The summed E-state index contributed by atoms with van der Waals surface area (Å²) in [4.78, 5) is 19.3. The van der Waals surface area contributed by atoms with Gasteiger partial charge in [0.1, 0.15) is 5.82 Å². The van der Waals surface area contributed by atoms with Gasteiger partial charge in [0, 0.05) is 12.6 Å². The number of nitrogens with one attached hydrogen (secondary N) is 1. The van der Waals surface area contributed by atoms with E-state index in [1.54, 1.807) is 6.07 Å². The van der Waals surface area contributed by atoms with Crippen LogP contribution in [-0.4, -0.2) is 15.9 Å². The highest BCUT2D eigenvalue weighted by atomic mass is 35.5. The average molecular weight is 240 g/mol. The van der Waals surface area contributed by atoms with Crippen molar-refractivity contribution in [3.05, 3.63) is 17.5 Å². The number of rotatable bonds is 3. The largest absolute Gasteiger partial charge is 0.311 e. The number of amides is 1. The maximum Gasteiger partial charge on any atom is 0.225 e. The molecule has 1 heterocycles. The van der Waals surface area contributed by atoms with Gasteiger partial charge in [0.25, 0.3) is 0 Å². The van der Waals surface area contributed by atoms with Gasteiger partial charge in [0.15, 0.2) is 0 Å². The van der Waals surface area contributed by atoms with E-state index in [-0.39, 0.29) is 11.2 Å². The van der Waals surface area contributed by atoms with Crippen molar-refractivity contribution in [2.45, 2.75) is 32.1 Å². The summed E-state index contributed by atoms with van der Waals surface area (Å²) in [5, 5.41) is 2.89. The van der Waals surface area contributed by atoms with Gasteiger partial charge in [-0.15, -0.1) is 0 Å². The summed E-state index contributed by atoms with van der Waals surface area (Å²) in [5.74, 6) is 1.03. The number of carbonyl (C=O) groups is 1. The van der Waals surface area contributed by atoms with E-state index in [2.05, 4.69) is 15.3 Å². The first-order valence-corrected chi connectivity index (χ1v) is 5.90. The predicted molar refractivity (Wildman–Crippen MR) is 62.2 cm³/mol. The van der Waals surface area contributed by atoms with Crippen molar-refractivity contribution in [2.75, 3.05) is 5.32 Å². The fraction of sp³-hybridized carbons (Fsp3) is 0.545. The van der Waals surface area contributed by atoms with Crippen LogP contribution in [0.1, 0.15) is 32.1 Å². The lowest BCUT2D eigenvalue weighted by Crippen LogP contribution is -2.16. The second-order valence-electron chi connectivity index (χ2n) is 4.11. The topological polar surface area (TPSA) is 54.9 Å². The monoisotopic (exact) mass is 239 g/mol. The highest BCUT2D eigenvalue weighted by molar-refractivity contribution is 6.28. The van der Waals surface area contributed by atoms with E-state index in [4.69, 9.17) is 11.6 Å². The van der Waals surface area contributed by atoms with Gasteiger partial charge in [0.05, 0.1) is 0 Å². The molecule has 0 bridgehead atoms. The first-order valence-electron chi connectivity index (χ1n) is 5.52. The molecule has 0 spiro atoms. The summed E-state index contributed by atoms with van der Waals surface area (Å²) < 4.78 is 0. The first kappa shape index (κ1) is 11.3. The van der Waals surface area contributed by atoms with Crippen LogP contribution in [0.3, 0.4) is 0 Å². The van der Waals surface area contributed by atoms with Crippen molar-refractivity contribution >= 4 is 23.3 Å². The SMILES string of the molecule is O=C(CC1CCCC1)Nc1ccnc(Cl)n1. The number of hydrogen-bond donors (Lipinski definition) is 1. The highest BCUT2D eigenvalue weighted by Gasteiger charge is 2.18. The average Bonchev–Trinajstić information content (AvgIpc) is 2.70. The smallest absolute Gasteiger partial charge is 0.225 e. The summed E-state index contributed by atoms with van der Waals surface area (Å²) in [5.41, 5.74) is 0. The Balaban J connectivity index is 1.86. The maximum atomic E-state index is 11.7. The lowest BCUT2D eigenvalue weighted by Gasteiger charge is -2.08. The van der Waals surface area contributed by atoms with E-state index >= 15 is 0 Å². The third-order valence-corrected chi connectivity index (χ3v) is 3.02. The summed E-state index contributed by atoms with van der Waals surface area (Å²) >= 11 is 5.63. The number of halogens is 1. The van der Waals surface area contributed by atoms with Gasteiger partial charge in [-0.05, 0) is 36.4 Å². The van der Waals surface area contributed by atoms with Crippen LogP contribution < -0.4 is 5.32 Å². The maximum absolute atomic E-state index is 11.7. The molecule has 0 atom stereocenters. The zero-order chi connectivity index (χ0) is 11.4. The Morgan fingerprint density at radius 2 is 2.25 bits per heavy atom. The van der Waals surface area contributed by atoms with Crippen LogP contribution in [0.25, 0.3) is 0 Å². The second kappa shape index (κ2) is 5.25. The Hall–Kier alpha value is -1.16. The van der Waals surface area contributed by atoms with Gasteiger partial charge in [-0.1, -0.05) is 12.8 Å². The molecule has 5 heteroatoms. The molecule has 1 saturated carbocycles. The van der Waals surface area contributed by atoms with Crippen LogP contribution in [0.4, 0.5) is 5.82 Å². The molecule has 0 unspecified atom stereocenters. The van der Waals surface area contributed by atoms with Crippen molar-refractivity contribution < 1.29 is 4.79 Å². The van der Waals surface area contributed by atoms with Gasteiger partial charge < -0.3 is 5.32 Å². The van der Waals surface area contributed by atoms with Crippen LogP contribution in [-0.2, 0) is 4.79 Å². The third-order valence-electron chi connectivity index (χ3n) is 2.84. The molecule has 1 aromatic rings. The lowest BCUT2D eigenvalue weighted by atomic mass is 10.0. The van der Waals surface area contributed by atoms with Crippen molar-refractivity contribution in [3.63, 3.8) is 0 Å². The Morgan fingerprint density at radius 1 is 1.50 bits per heavy atom. The Labute approximate surface area is 99.4 Å². The second-order valence-corrected chi connectivity index (χ2v) is 4.45. The quantitative estimate of drug-likeness (QED) is 0.825. The normalized spacial score (nSPS) is 16.3. The standard InChI is InChI=1S/C11H14ClN3O/c12-11-13-6-5-9(15-11)14-10(16)7-8-3-1-2-4-8/h5-6,8H,1-4,7H2,(H,13,14,15,16). The third kappa shape index (κ3) is 3.17. The van der Waals surface area contributed by atoms with Crippen LogP contribution in [0.15, 0.2) is 12.3 Å². The Morgan fingerprint density at radius 3 is 2.94 bits per heavy atom. The van der Waals surface area contributed by atoms with E-state index < -0.39 is 0 Å². The molecule has 16 heavy (non-hydrogen) atoms. The molecule has 1 N–H and O–H groups in total. The van der Waals surface area contributed by atoms with Crippen LogP contribution in [0.5, 0.6) is 0 Å². The Bertz CT molecular complexity index is 377. The summed E-state index contributed by atoms with van der Waals surface area (Å²) in [6, 6.07) is 1.64. The van der Waals surface area contributed by atoms with E-state index in [1.165, 1.54) is 19.0 Å². The zero-order valence-corrected chi connectivity index (χ0v) is 9.70. The van der Waals surface area contributed by atoms with Gasteiger partial charge in [-0.2, -0.15) is 0 Å². The van der Waals surface area contributed by atoms with E-state index in [9.17, 15) is 4.79 Å². The van der Waals surface area contributed by atoms with Gasteiger partial charge >= 0.3 is 0 Å².